The highest BCUT2D eigenvalue weighted by Gasteiger charge is 2.44. The zero-order valence-electron chi connectivity index (χ0n) is 19.0. The molecule has 1 fully saturated rings. The number of aliphatic hydroxyl groups is 2. The molecule has 2 heterocycles. The van der Waals surface area contributed by atoms with Crippen molar-refractivity contribution >= 4 is 21.9 Å². The third-order valence-corrected chi connectivity index (χ3v) is 6.75. The number of nitrogens with zero attached hydrogens (tertiary/aromatic N) is 5. The fourth-order valence-corrected chi connectivity index (χ4v) is 4.49. The zero-order chi connectivity index (χ0) is 25.9. The van der Waals surface area contributed by atoms with Gasteiger partial charge in [0.05, 0.1) is 29.8 Å². The number of carbonyl (C=O) groups is 1. The lowest BCUT2D eigenvalue weighted by Crippen LogP contribution is -2.38. The van der Waals surface area contributed by atoms with Crippen LogP contribution in [0.5, 0.6) is 0 Å². The van der Waals surface area contributed by atoms with Gasteiger partial charge in [0.1, 0.15) is 36.2 Å². The predicted octanol–water partition coefficient (Wildman–Crippen LogP) is -0.421. The summed E-state index contributed by atoms with van der Waals surface area (Å²) in [5, 5.41) is 37.1. The number of carbonyl (C=O) groups excluding carboxylic acids is 1. The van der Waals surface area contributed by atoms with Crippen LogP contribution in [0.25, 0.3) is 0 Å². The van der Waals surface area contributed by atoms with Crippen LogP contribution in [0.3, 0.4) is 0 Å². The molecule has 188 valence electrons. The number of nitrogens with one attached hydrogen (secondary N) is 2. The van der Waals surface area contributed by atoms with Crippen molar-refractivity contribution in [2.45, 2.75) is 37.3 Å². The van der Waals surface area contributed by atoms with Crippen molar-refractivity contribution in [3.63, 3.8) is 0 Å². The molecular weight excluding hydrogens is 490 g/mol. The van der Waals surface area contributed by atoms with Crippen LogP contribution >= 0.6 is 0 Å². The van der Waals surface area contributed by atoms with Crippen molar-refractivity contribution in [1.82, 2.24) is 24.5 Å². The highest BCUT2D eigenvalue weighted by Crippen LogP contribution is 2.28. The second-order valence-corrected chi connectivity index (χ2v) is 9.55. The van der Waals surface area contributed by atoms with E-state index in [0.717, 1.165) is 12.6 Å². The smallest absolute Gasteiger partial charge is 0.335 e. The number of aromatic nitrogens is 4. The summed E-state index contributed by atoms with van der Waals surface area (Å²) in [6.07, 6.45) is -0.0548. The normalized spacial score (nSPS) is 21.7. The molecule has 0 saturated heterocycles. The average molecular weight is 514 g/mol. The monoisotopic (exact) mass is 513 g/mol. The molecule has 0 spiro atoms. The fourth-order valence-electron chi connectivity index (χ4n) is 3.88. The van der Waals surface area contributed by atoms with Crippen LogP contribution in [-0.2, 0) is 21.0 Å². The van der Waals surface area contributed by atoms with E-state index in [1.165, 1.54) is 23.3 Å². The molecule has 4 rings (SSSR count). The molecule has 4 N–H and O–H groups in total. The molecule has 0 aliphatic heterocycles. The lowest BCUT2D eigenvalue weighted by Gasteiger charge is -2.19. The van der Waals surface area contributed by atoms with Crippen LogP contribution in [0.4, 0.5) is 5.82 Å². The maximum Gasteiger partial charge on any atom is 0.335 e. The Kier molecular flexibility index (Phi) is 7.38. The SMILES string of the molecule is CNS(=O)(=O)O[C@@H]1C[C@@H](Nc2ncncc2C(=O)c2ccn(Cc3ccccc3C#N)n2)[C@H](O)[C@H]1O. The number of hydrogen-bond acceptors (Lipinski definition) is 11. The minimum atomic E-state index is -4.10. The highest BCUT2D eigenvalue weighted by molar-refractivity contribution is 7.84. The molecule has 3 aromatic rings. The third-order valence-electron chi connectivity index (χ3n) is 5.75. The number of anilines is 1. The first kappa shape index (κ1) is 25.4. The van der Waals surface area contributed by atoms with Crippen LogP contribution in [0.1, 0.15) is 33.6 Å². The standard InChI is InChI=1S/C22H23N7O6S/c1-24-36(33,34)35-18-8-17(20(31)21(18)32)27-22-15(10-25-12-26-22)19(30)16-6-7-29(28-16)11-14-5-3-2-4-13(14)9-23/h2-7,10,12,17-18,20-21,24,31-32H,8,11H2,1H3,(H,25,26,27)/t17-,18-,20+,21+/m1/s1. The Morgan fingerprint density at radius 1 is 1.28 bits per heavy atom. The topological polar surface area (TPSA) is 192 Å². The zero-order valence-corrected chi connectivity index (χ0v) is 19.8. The molecule has 36 heavy (non-hydrogen) atoms. The van der Waals surface area contributed by atoms with Gasteiger partial charge in [-0.05, 0) is 17.7 Å². The van der Waals surface area contributed by atoms with Gasteiger partial charge in [-0.25, -0.2) is 9.97 Å². The van der Waals surface area contributed by atoms with Gasteiger partial charge in [0.15, 0.2) is 0 Å². The summed E-state index contributed by atoms with van der Waals surface area (Å²) in [5.74, 6) is -0.420. The summed E-state index contributed by atoms with van der Waals surface area (Å²) in [6, 6.07) is 9.85. The minimum Gasteiger partial charge on any atom is -0.388 e. The molecule has 0 unspecified atom stereocenters. The van der Waals surface area contributed by atoms with Gasteiger partial charge in [0.2, 0.25) is 5.78 Å². The minimum absolute atomic E-state index is 0.0640. The number of ketones is 1. The van der Waals surface area contributed by atoms with Crippen molar-refractivity contribution in [1.29, 1.82) is 5.26 Å². The molecular formula is C22H23N7O6S. The van der Waals surface area contributed by atoms with Gasteiger partial charge in [0, 0.05) is 25.9 Å². The van der Waals surface area contributed by atoms with Crippen LogP contribution in [-0.4, -0.2) is 75.6 Å². The van der Waals surface area contributed by atoms with E-state index in [-0.39, 0.29) is 30.0 Å². The number of rotatable bonds is 9. The van der Waals surface area contributed by atoms with E-state index < -0.39 is 40.4 Å². The molecule has 1 aliphatic rings. The van der Waals surface area contributed by atoms with Gasteiger partial charge in [-0.2, -0.15) is 23.5 Å². The summed E-state index contributed by atoms with van der Waals surface area (Å²) in [4.78, 5) is 21.2. The summed E-state index contributed by atoms with van der Waals surface area (Å²) < 4.78 is 31.8. The Bertz CT molecular complexity index is 1400. The van der Waals surface area contributed by atoms with Crippen molar-refractivity contribution in [3.8, 4) is 6.07 Å². The van der Waals surface area contributed by atoms with E-state index >= 15 is 0 Å². The molecule has 14 heteroatoms. The highest BCUT2D eigenvalue weighted by atomic mass is 32.2. The van der Waals surface area contributed by atoms with Crippen molar-refractivity contribution < 1.29 is 27.6 Å². The summed E-state index contributed by atoms with van der Waals surface area (Å²) in [7, 11) is -2.94. The lowest BCUT2D eigenvalue weighted by atomic mass is 10.1. The maximum absolute atomic E-state index is 13.2. The van der Waals surface area contributed by atoms with Gasteiger partial charge in [-0.3, -0.25) is 13.7 Å². The first-order chi connectivity index (χ1) is 17.2. The quantitative estimate of drug-likeness (QED) is 0.272. The lowest BCUT2D eigenvalue weighted by molar-refractivity contribution is -0.00882. The Labute approximate surface area is 206 Å². The molecule has 1 saturated carbocycles. The first-order valence-electron chi connectivity index (χ1n) is 10.8. The summed E-state index contributed by atoms with van der Waals surface area (Å²) >= 11 is 0. The molecule has 4 atom stereocenters. The van der Waals surface area contributed by atoms with E-state index in [4.69, 9.17) is 4.18 Å². The second-order valence-electron chi connectivity index (χ2n) is 8.04. The Morgan fingerprint density at radius 2 is 2.06 bits per heavy atom. The van der Waals surface area contributed by atoms with E-state index in [2.05, 4.69) is 26.5 Å². The maximum atomic E-state index is 13.2. The molecule has 0 amide bonds. The molecule has 1 aromatic carbocycles. The molecule has 2 aromatic heterocycles. The second kappa shape index (κ2) is 10.5. The van der Waals surface area contributed by atoms with Crippen LogP contribution in [0, 0.1) is 11.3 Å². The number of nitriles is 1. The molecule has 0 bridgehead atoms. The van der Waals surface area contributed by atoms with Crippen LogP contribution in [0.2, 0.25) is 0 Å². The van der Waals surface area contributed by atoms with E-state index in [1.807, 2.05) is 10.8 Å². The van der Waals surface area contributed by atoms with E-state index in [9.17, 15) is 28.7 Å². The predicted molar refractivity (Wildman–Crippen MR) is 125 cm³/mol. The Morgan fingerprint density at radius 3 is 2.81 bits per heavy atom. The molecule has 0 radical (unpaired) electrons. The largest absolute Gasteiger partial charge is 0.388 e. The van der Waals surface area contributed by atoms with Gasteiger partial charge >= 0.3 is 10.3 Å². The van der Waals surface area contributed by atoms with E-state index in [0.29, 0.717) is 5.56 Å². The fraction of sp³-hybridized carbons (Fsp3) is 0.318. The Balaban J connectivity index is 1.51. The average Bonchev–Trinajstić information content (AvgIpc) is 3.44. The van der Waals surface area contributed by atoms with Gasteiger partial charge in [-0.1, -0.05) is 18.2 Å². The summed E-state index contributed by atoms with van der Waals surface area (Å²) in [5.41, 5.74) is 1.42. The van der Waals surface area contributed by atoms with Crippen molar-refractivity contribution in [2.24, 2.45) is 0 Å². The summed E-state index contributed by atoms with van der Waals surface area (Å²) in [6.45, 7) is 0.288. The van der Waals surface area contributed by atoms with Crippen molar-refractivity contribution in [3.05, 3.63) is 71.4 Å². The first-order valence-corrected chi connectivity index (χ1v) is 12.2. The Hall–Kier alpha value is -3.74. The van der Waals surface area contributed by atoms with Crippen molar-refractivity contribution in [2.75, 3.05) is 12.4 Å². The molecule has 1 aliphatic carbocycles. The number of aliphatic hydroxyl groups excluding tert-OH is 2. The number of benzene rings is 1. The van der Waals surface area contributed by atoms with Crippen LogP contribution in [0.15, 0.2) is 49.1 Å². The van der Waals surface area contributed by atoms with Crippen LogP contribution < -0.4 is 10.0 Å². The van der Waals surface area contributed by atoms with Gasteiger partial charge in [-0.15, -0.1) is 0 Å². The van der Waals surface area contributed by atoms with Gasteiger partial charge < -0.3 is 15.5 Å². The molecule has 13 nitrogen and oxygen atoms in total. The third kappa shape index (κ3) is 5.40. The number of hydrogen-bond donors (Lipinski definition) is 4. The van der Waals surface area contributed by atoms with Gasteiger partial charge in [0.25, 0.3) is 0 Å². The van der Waals surface area contributed by atoms with E-state index in [1.54, 1.807) is 24.4 Å².